The molecule has 0 radical (unpaired) electrons. The fraction of sp³-hybridized carbons (Fsp3) is 0.333. The number of nitrogens with two attached hydrogens (primary N) is 1. The molecule has 5 nitrogen and oxygen atoms in total. The summed E-state index contributed by atoms with van der Waals surface area (Å²) in [7, 11) is 1.46. The summed E-state index contributed by atoms with van der Waals surface area (Å²) < 4.78 is 6.01. The van der Waals surface area contributed by atoms with Crippen LogP contribution in [0.1, 0.15) is 5.56 Å². The van der Waals surface area contributed by atoms with Crippen molar-refractivity contribution in [1.29, 1.82) is 0 Å². The van der Waals surface area contributed by atoms with Gasteiger partial charge in [0.2, 0.25) is 0 Å². The first-order chi connectivity index (χ1) is 8.63. The van der Waals surface area contributed by atoms with Crippen molar-refractivity contribution in [3.05, 3.63) is 23.8 Å². The summed E-state index contributed by atoms with van der Waals surface area (Å²) in [6.45, 7) is 2.17. The number of fused-ring (bicyclic) bond motifs is 1. The number of hydrogen-bond acceptors (Lipinski definition) is 5. The summed E-state index contributed by atoms with van der Waals surface area (Å²) in [4.78, 5) is 16.1. The first-order valence-corrected chi connectivity index (χ1v) is 6.36. The second-order valence-corrected chi connectivity index (χ2v) is 4.97. The van der Waals surface area contributed by atoms with Gasteiger partial charge in [-0.25, -0.2) is 4.98 Å². The molecular weight excluding hydrogens is 250 g/mol. The Bertz CT molecular complexity index is 563. The van der Waals surface area contributed by atoms with Gasteiger partial charge in [0.1, 0.15) is 6.10 Å². The van der Waals surface area contributed by atoms with E-state index in [1.54, 1.807) is 0 Å². The maximum atomic E-state index is 11.8. The number of carbonyl (C=O) groups excluding carboxylic acids is 1. The third-order valence-corrected chi connectivity index (χ3v) is 3.50. The lowest BCUT2D eigenvalue weighted by molar-refractivity contribution is -0.125. The molecule has 2 rings (SSSR count). The number of methoxy groups -OCH3 is 1. The van der Waals surface area contributed by atoms with Gasteiger partial charge >= 0.3 is 0 Å². The molecule has 0 saturated carbocycles. The molecule has 1 aromatic heterocycles. The van der Waals surface area contributed by atoms with Crippen LogP contribution in [0.5, 0.6) is 0 Å². The molecule has 1 atom stereocenters. The van der Waals surface area contributed by atoms with Crippen LogP contribution in [0.2, 0.25) is 0 Å². The fourth-order valence-corrected chi connectivity index (χ4v) is 2.55. The van der Waals surface area contributed by atoms with Gasteiger partial charge in [0.05, 0.1) is 10.2 Å². The van der Waals surface area contributed by atoms with E-state index in [1.807, 2.05) is 25.1 Å². The molecule has 0 aliphatic carbocycles. The molecule has 1 unspecified atom stereocenters. The van der Waals surface area contributed by atoms with E-state index < -0.39 is 6.10 Å². The van der Waals surface area contributed by atoms with Gasteiger partial charge in [0.25, 0.3) is 5.91 Å². The van der Waals surface area contributed by atoms with Gasteiger partial charge < -0.3 is 10.5 Å². The van der Waals surface area contributed by atoms with Crippen LogP contribution in [0.3, 0.4) is 0 Å². The third kappa shape index (κ3) is 2.66. The van der Waals surface area contributed by atoms with Crippen molar-refractivity contribution >= 4 is 32.6 Å². The summed E-state index contributed by atoms with van der Waals surface area (Å²) in [5, 5.41) is 3.28. The summed E-state index contributed by atoms with van der Waals surface area (Å²) in [6.07, 6.45) is -0.640. The van der Waals surface area contributed by atoms with E-state index in [9.17, 15) is 4.79 Å². The number of nitrogens with one attached hydrogen (secondary N) is 1. The van der Waals surface area contributed by atoms with Crippen LogP contribution in [0.4, 0.5) is 5.13 Å². The first kappa shape index (κ1) is 12.9. The molecule has 1 aromatic carbocycles. The van der Waals surface area contributed by atoms with Gasteiger partial charge in [-0.15, -0.1) is 0 Å². The maximum absolute atomic E-state index is 11.8. The Morgan fingerprint density at radius 3 is 3.06 bits per heavy atom. The topological polar surface area (TPSA) is 77.2 Å². The largest absolute Gasteiger partial charge is 0.370 e. The van der Waals surface area contributed by atoms with Crippen molar-refractivity contribution in [3.8, 4) is 0 Å². The van der Waals surface area contributed by atoms with Crippen molar-refractivity contribution in [3.63, 3.8) is 0 Å². The van der Waals surface area contributed by atoms with Crippen molar-refractivity contribution in [1.82, 2.24) is 4.98 Å². The van der Waals surface area contributed by atoms with E-state index in [4.69, 9.17) is 10.5 Å². The van der Waals surface area contributed by atoms with Crippen LogP contribution < -0.4 is 11.1 Å². The Hall–Kier alpha value is -1.50. The van der Waals surface area contributed by atoms with Gasteiger partial charge in [0, 0.05) is 13.7 Å². The monoisotopic (exact) mass is 265 g/mol. The molecule has 1 heterocycles. The average molecular weight is 265 g/mol. The van der Waals surface area contributed by atoms with Crippen molar-refractivity contribution in [2.45, 2.75) is 13.0 Å². The van der Waals surface area contributed by atoms with E-state index >= 15 is 0 Å². The minimum atomic E-state index is -0.640. The zero-order valence-electron chi connectivity index (χ0n) is 10.3. The predicted octanol–water partition coefficient (Wildman–Crippen LogP) is 1.52. The molecule has 0 aliphatic heterocycles. The van der Waals surface area contributed by atoms with E-state index in [-0.39, 0.29) is 12.5 Å². The molecule has 0 spiro atoms. The molecule has 3 N–H and O–H groups in total. The fourth-order valence-electron chi connectivity index (χ4n) is 1.58. The van der Waals surface area contributed by atoms with Crippen LogP contribution in [0.25, 0.3) is 10.2 Å². The zero-order chi connectivity index (χ0) is 13.1. The van der Waals surface area contributed by atoms with Crippen LogP contribution in [-0.2, 0) is 9.53 Å². The minimum Gasteiger partial charge on any atom is -0.370 e. The lowest BCUT2D eigenvalue weighted by Gasteiger charge is -2.10. The molecule has 0 saturated heterocycles. The van der Waals surface area contributed by atoms with Gasteiger partial charge in [-0.3, -0.25) is 10.1 Å². The molecule has 2 aromatic rings. The number of rotatable bonds is 4. The standard InChI is InChI=1S/C12H15N3O2S/c1-7-3-4-8-10(5-7)18-12(14-8)15-11(16)9(6-13)17-2/h3-5,9H,6,13H2,1-2H3,(H,14,15,16). The van der Waals surface area contributed by atoms with E-state index in [1.165, 1.54) is 24.0 Å². The number of amides is 1. The predicted molar refractivity (Wildman–Crippen MR) is 72.8 cm³/mol. The van der Waals surface area contributed by atoms with Crippen LogP contribution in [-0.4, -0.2) is 30.6 Å². The summed E-state index contributed by atoms with van der Waals surface area (Å²) in [6, 6.07) is 5.97. The highest BCUT2D eigenvalue weighted by Gasteiger charge is 2.17. The number of carbonyl (C=O) groups is 1. The van der Waals surface area contributed by atoms with Crippen LogP contribution in [0.15, 0.2) is 18.2 Å². The number of ether oxygens (including phenoxy) is 1. The summed E-state index contributed by atoms with van der Waals surface area (Å²) in [5.74, 6) is -0.268. The van der Waals surface area contributed by atoms with Crippen LogP contribution >= 0.6 is 11.3 Å². The highest BCUT2D eigenvalue weighted by atomic mass is 32.1. The van der Waals surface area contributed by atoms with E-state index in [2.05, 4.69) is 10.3 Å². The van der Waals surface area contributed by atoms with Gasteiger partial charge in [-0.2, -0.15) is 0 Å². The molecule has 0 aliphatic rings. The molecule has 6 heteroatoms. The highest BCUT2D eigenvalue weighted by Crippen LogP contribution is 2.26. The quantitative estimate of drug-likeness (QED) is 0.878. The average Bonchev–Trinajstić information content (AvgIpc) is 2.71. The second-order valence-electron chi connectivity index (χ2n) is 3.94. The number of hydrogen-bond donors (Lipinski definition) is 2. The number of nitrogens with zero attached hydrogens (tertiary/aromatic N) is 1. The molecule has 96 valence electrons. The Morgan fingerprint density at radius 2 is 2.39 bits per heavy atom. The molecule has 1 amide bonds. The number of benzene rings is 1. The molecule has 0 bridgehead atoms. The summed E-state index contributed by atoms with van der Waals surface area (Å²) in [5.41, 5.74) is 7.47. The lowest BCUT2D eigenvalue weighted by atomic mass is 10.2. The second kappa shape index (κ2) is 5.43. The Labute approximate surface area is 109 Å². The SMILES string of the molecule is COC(CN)C(=O)Nc1nc2ccc(C)cc2s1. The van der Waals surface area contributed by atoms with Crippen LogP contribution in [0, 0.1) is 6.92 Å². The van der Waals surface area contributed by atoms with Gasteiger partial charge in [0.15, 0.2) is 5.13 Å². The summed E-state index contributed by atoms with van der Waals surface area (Å²) >= 11 is 1.44. The Balaban J connectivity index is 2.19. The molecule has 18 heavy (non-hydrogen) atoms. The highest BCUT2D eigenvalue weighted by molar-refractivity contribution is 7.22. The van der Waals surface area contributed by atoms with Gasteiger partial charge in [-0.1, -0.05) is 17.4 Å². The zero-order valence-corrected chi connectivity index (χ0v) is 11.1. The number of thiazole rings is 1. The van der Waals surface area contributed by atoms with Crippen molar-refractivity contribution in [2.75, 3.05) is 19.0 Å². The maximum Gasteiger partial charge on any atom is 0.256 e. The van der Waals surface area contributed by atoms with E-state index in [0.717, 1.165) is 10.2 Å². The molecule has 0 fully saturated rings. The number of aryl methyl sites for hydroxylation is 1. The third-order valence-electron chi connectivity index (χ3n) is 2.57. The normalized spacial score (nSPS) is 12.6. The van der Waals surface area contributed by atoms with Crippen molar-refractivity contribution < 1.29 is 9.53 Å². The Morgan fingerprint density at radius 1 is 1.61 bits per heavy atom. The number of anilines is 1. The first-order valence-electron chi connectivity index (χ1n) is 5.55. The minimum absolute atomic E-state index is 0.145. The number of aromatic nitrogens is 1. The van der Waals surface area contributed by atoms with Crippen molar-refractivity contribution in [2.24, 2.45) is 5.73 Å². The van der Waals surface area contributed by atoms with E-state index in [0.29, 0.717) is 5.13 Å². The smallest absolute Gasteiger partial charge is 0.256 e. The lowest BCUT2D eigenvalue weighted by Crippen LogP contribution is -2.35. The van der Waals surface area contributed by atoms with Gasteiger partial charge in [-0.05, 0) is 24.6 Å². The Kier molecular flexibility index (Phi) is 3.90. The molecular formula is C12H15N3O2S.